The Morgan fingerprint density at radius 1 is 1.47 bits per heavy atom. The summed E-state index contributed by atoms with van der Waals surface area (Å²) in [5, 5.41) is 0. The SMILES string of the molecule is C=CCc1ccccc1OCCN(C)C(=O)CCCl. The predicted molar refractivity (Wildman–Crippen MR) is 78.8 cm³/mol. The molecule has 1 aromatic carbocycles. The molecule has 0 radical (unpaired) electrons. The van der Waals surface area contributed by atoms with Crippen LogP contribution in [0.25, 0.3) is 0 Å². The Morgan fingerprint density at radius 3 is 2.89 bits per heavy atom. The molecule has 4 heteroatoms. The summed E-state index contributed by atoms with van der Waals surface area (Å²) >= 11 is 5.54. The number of hydrogen-bond acceptors (Lipinski definition) is 2. The molecule has 0 aromatic heterocycles. The van der Waals surface area contributed by atoms with Gasteiger partial charge < -0.3 is 9.64 Å². The van der Waals surface area contributed by atoms with E-state index in [1.165, 1.54) is 0 Å². The lowest BCUT2D eigenvalue weighted by molar-refractivity contribution is -0.129. The first-order valence-corrected chi connectivity index (χ1v) is 6.84. The fourth-order valence-corrected chi connectivity index (χ4v) is 1.82. The zero-order valence-electron chi connectivity index (χ0n) is 11.3. The van der Waals surface area contributed by atoms with E-state index in [9.17, 15) is 4.79 Å². The molecule has 0 aliphatic carbocycles. The molecule has 0 spiro atoms. The topological polar surface area (TPSA) is 29.5 Å². The smallest absolute Gasteiger partial charge is 0.223 e. The van der Waals surface area contributed by atoms with E-state index in [-0.39, 0.29) is 5.91 Å². The minimum Gasteiger partial charge on any atom is -0.491 e. The molecule has 1 amide bonds. The Morgan fingerprint density at radius 2 is 2.21 bits per heavy atom. The van der Waals surface area contributed by atoms with Crippen LogP contribution >= 0.6 is 11.6 Å². The molecule has 0 saturated carbocycles. The van der Waals surface area contributed by atoms with Gasteiger partial charge >= 0.3 is 0 Å². The summed E-state index contributed by atoms with van der Waals surface area (Å²) in [6.45, 7) is 4.75. The highest BCUT2D eigenvalue weighted by molar-refractivity contribution is 6.18. The third-order valence-electron chi connectivity index (χ3n) is 2.76. The van der Waals surface area contributed by atoms with Gasteiger partial charge in [0.15, 0.2) is 0 Å². The summed E-state index contributed by atoms with van der Waals surface area (Å²) in [6, 6.07) is 7.85. The molecule has 0 aliphatic rings. The molecule has 1 aromatic rings. The second-order valence-corrected chi connectivity index (χ2v) is 4.58. The molecule has 0 saturated heterocycles. The molecule has 104 valence electrons. The van der Waals surface area contributed by atoms with Crippen molar-refractivity contribution < 1.29 is 9.53 Å². The number of rotatable bonds is 8. The summed E-state index contributed by atoms with van der Waals surface area (Å²) in [7, 11) is 1.76. The average Bonchev–Trinajstić information content (AvgIpc) is 2.41. The predicted octanol–water partition coefficient (Wildman–Crippen LogP) is 2.88. The van der Waals surface area contributed by atoms with Crippen LogP contribution in [0, 0.1) is 0 Å². The molecule has 0 fully saturated rings. The Labute approximate surface area is 119 Å². The highest BCUT2D eigenvalue weighted by Crippen LogP contribution is 2.18. The van der Waals surface area contributed by atoms with Crippen molar-refractivity contribution in [1.29, 1.82) is 0 Å². The summed E-state index contributed by atoms with van der Waals surface area (Å²) in [5.74, 6) is 1.24. The van der Waals surface area contributed by atoms with E-state index < -0.39 is 0 Å². The van der Waals surface area contributed by atoms with Crippen molar-refractivity contribution in [3.05, 3.63) is 42.5 Å². The lowest BCUT2D eigenvalue weighted by Gasteiger charge is -2.17. The first-order chi connectivity index (χ1) is 9.19. The molecule has 0 aliphatic heterocycles. The molecule has 0 heterocycles. The highest BCUT2D eigenvalue weighted by Gasteiger charge is 2.08. The number of ether oxygens (including phenoxy) is 1. The molecule has 19 heavy (non-hydrogen) atoms. The van der Waals surface area contributed by atoms with Crippen LogP contribution in [-0.4, -0.2) is 36.9 Å². The van der Waals surface area contributed by atoms with Gasteiger partial charge in [-0.25, -0.2) is 0 Å². The lowest BCUT2D eigenvalue weighted by Crippen LogP contribution is -2.31. The van der Waals surface area contributed by atoms with Crippen molar-refractivity contribution in [3.63, 3.8) is 0 Å². The number of carbonyl (C=O) groups is 1. The number of carbonyl (C=O) groups excluding carboxylic acids is 1. The van der Waals surface area contributed by atoms with E-state index in [4.69, 9.17) is 16.3 Å². The third-order valence-corrected chi connectivity index (χ3v) is 2.94. The van der Waals surface area contributed by atoms with Crippen molar-refractivity contribution in [1.82, 2.24) is 4.90 Å². The van der Waals surface area contributed by atoms with Crippen molar-refractivity contribution in [2.75, 3.05) is 26.1 Å². The zero-order chi connectivity index (χ0) is 14.1. The van der Waals surface area contributed by atoms with Crippen LogP contribution in [0.5, 0.6) is 5.75 Å². The van der Waals surface area contributed by atoms with Gasteiger partial charge in [-0.2, -0.15) is 0 Å². The maximum Gasteiger partial charge on any atom is 0.223 e. The quantitative estimate of drug-likeness (QED) is 0.542. The minimum absolute atomic E-state index is 0.0398. The van der Waals surface area contributed by atoms with E-state index >= 15 is 0 Å². The second-order valence-electron chi connectivity index (χ2n) is 4.20. The van der Waals surface area contributed by atoms with Crippen LogP contribution in [0.4, 0.5) is 0 Å². The van der Waals surface area contributed by atoms with Crippen LogP contribution in [0.1, 0.15) is 12.0 Å². The van der Waals surface area contributed by atoms with Gasteiger partial charge in [-0.15, -0.1) is 18.2 Å². The highest BCUT2D eigenvalue weighted by atomic mass is 35.5. The summed E-state index contributed by atoms with van der Waals surface area (Å²) in [6.07, 6.45) is 2.99. The van der Waals surface area contributed by atoms with Gasteiger partial charge in [0, 0.05) is 19.3 Å². The molecular formula is C15H20ClNO2. The summed E-state index contributed by atoms with van der Waals surface area (Å²) in [4.78, 5) is 13.2. The second kappa shape index (κ2) is 8.59. The Kier molecular flexibility index (Phi) is 7.04. The number of likely N-dealkylation sites (N-methyl/N-ethyl adjacent to an activating group) is 1. The number of halogens is 1. The van der Waals surface area contributed by atoms with Crippen molar-refractivity contribution in [2.45, 2.75) is 12.8 Å². The van der Waals surface area contributed by atoms with Gasteiger partial charge in [0.1, 0.15) is 12.4 Å². The van der Waals surface area contributed by atoms with Gasteiger partial charge in [-0.05, 0) is 18.1 Å². The number of benzene rings is 1. The van der Waals surface area contributed by atoms with Crippen LogP contribution in [-0.2, 0) is 11.2 Å². The average molecular weight is 282 g/mol. The maximum atomic E-state index is 11.5. The van der Waals surface area contributed by atoms with E-state index in [0.29, 0.717) is 25.5 Å². The van der Waals surface area contributed by atoms with Crippen LogP contribution < -0.4 is 4.74 Å². The van der Waals surface area contributed by atoms with Gasteiger partial charge in [0.05, 0.1) is 6.54 Å². The van der Waals surface area contributed by atoms with Crippen LogP contribution in [0.2, 0.25) is 0 Å². The minimum atomic E-state index is 0.0398. The first kappa shape index (κ1) is 15.6. The molecule has 0 unspecified atom stereocenters. The largest absolute Gasteiger partial charge is 0.491 e. The van der Waals surface area contributed by atoms with E-state index in [0.717, 1.165) is 17.7 Å². The van der Waals surface area contributed by atoms with Crippen molar-refractivity contribution in [2.24, 2.45) is 0 Å². The number of allylic oxidation sites excluding steroid dienone is 1. The molecule has 0 atom stereocenters. The standard InChI is InChI=1S/C15H20ClNO2/c1-3-6-13-7-4-5-8-14(13)19-12-11-17(2)15(18)9-10-16/h3-5,7-8H,1,6,9-12H2,2H3. The number of amides is 1. The van der Waals surface area contributed by atoms with Gasteiger partial charge in [-0.3, -0.25) is 4.79 Å². The van der Waals surface area contributed by atoms with Gasteiger partial charge in [0.2, 0.25) is 5.91 Å². The summed E-state index contributed by atoms with van der Waals surface area (Å²) < 4.78 is 5.71. The first-order valence-electron chi connectivity index (χ1n) is 6.30. The normalized spacial score (nSPS) is 10.0. The van der Waals surface area contributed by atoms with E-state index in [1.54, 1.807) is 11.9 Å². The number of nitrogens with zero attached hydrogens (tertiary/aromatic N) is 1. The number of para-hydroxylation sites is 1. The fourth-order valence-electron chi connectivity index (χ4n) is 1.66. The maximum absolute atomic E-state index is 11.5. The van der Waals surface area contributed by atoms with E-state index in [2.05, 4.69) is 6.58 Å². The third kappa shape index (κ3) is 5.35. The van der Waals surface area contributed by atoms with Crippen molar-refractivity contribution in [3.8, 4) is 5.75 Å². The van der Waals surface area contributed by atoms with Crippen LogP contribution in [0.3, 0.4) is 0 Å². The van der Waals surface area contributed by atoms with Crippen LogP contribution in [0.15, 0.2) is 36.9 Å². The molecule has 1 rings (SSSR count). The Bertz CT molecular complexity index is 420. The Hall–Kier alpha value is -1.48. The monoisotopic (exact) mass is 281 g/mol. The van der Waals surface area contributed by atoms with Gasteiger partial charge in [0.25, 0.3) is 0 Å². The lowest BCUT2D eigenvalue weighted by atomic mass is 10.1. The molecule has 0 N–H and O–H groups in total. The fraction of sp³-hybridized carbons (Fsp3) is 0.400. The summed E-state index contributed by atoms with van der Waals surface area (Å²) in [5.41, 5.74) is 1.10. The molecule has 0 bridgehead atoms. The molecular weight excluding hydrogens is 262 g/mol. The van der Waals surface area contributed by atoms with E-state index in [1.807, 2.05) is 30.3 Å². The Balaban J connectivity index is 2.44. The zero-order valence-corrected chi connectivity index (χ0v) is 12.0. The molecule has 3 nitrogen and oxygen atoms in total. The van der Waals surface area contributed by atoms with Crippen molar-refractivity contribution >= 4 is 17.5 Å². The number of hydrogen-bond donors (Lipinski definition) is 0. The van der Waals surface area contributed by atoms with Gasteiger partial charge in [-0.1, -0.05) is 24.3 Å². The number of alkyl halides is 1.